The van der Waals surface area contributed by atoms with Crippen molar-refractivity contribution < 1.29 is 4.79 Å². The van der Waals surface area contributed by atoms with Crippen LogP contribution in [-0.2, 0) is 4.79 Å². The standard InChI is InChI=1S/C12H16N2OS/c1-4-10(7-13)12(15)14-9(3)11-6-5-8(2)16-11/h5-6,9-10H,4H2,1-3H3,(H,14,15). The summed E-state index contributed by atoms with van der Waals surface area (Å²) in [7, 11) is 0. The average Bonchev–Trinajstić information content (AvgIpc) is 2.66. The second-order valence-corrected chi connectivity index (χ2v) is 5.09. The highest BCUT2D eigenvalue weighted by molar-refractivity contribution is 7.12. The molecule has 16 heavy (non-hydrogen) atoms. The van der Waals surface area contributed by atoms with Gasteiger partial charge in [-0.15, -0.1) is 11.3 Å². The lowest BCUT2D eigenvalue weighted by Crippen LogP contribution is -2.31. The topological polar surface area (TPSA) is 52.9 Å². The van der Waals surface area contributed by atoms with Gasteiger partial charge in [-0.05, 0) is 32.4 Å². The molecule has 0 aliphatic rings. The van der Waals surface area contributed by atoms with Gasteiger partial charge in [0.2, 0.25) is 5.91 Å². The Morgan fingerprint density at radius 3 is 2.75 bits per heavy atom. The van der Waals surface area contributed by atoms with Crippen molar-refractivity contribution in [2.75, 3.05) is 0 Å². The van der Waals surface area contributed by atoms with Gasteiger partial charge in [-0.3, -0.25) is 4.79 Å². The molecule has 3 nitrogen and oxygen atoms in total. The molecule has 0 aromatic carbocycles. The van der Waals surface area contributed by atoms with Gasteiger partial charge >= 0.3 is 0 Å². The number of rotatable bonds is 4. The van der Waals surface area contributed by atoms with Gasteiger partial charge in [0, 0.05) is 9.75 Å². The number of nitriles is 1. The van der Waals surface area contributed by atoms with E-state index in [1.165, 1.54) is 4.88 Å². The van der Waals surface area contributed by atoms with E-state index < -0.39 is 5.92 Å². The van der Waals surface area contributed by atoms with Crippen molar-refractivity contribution in [2.24, 2.45) is 5.92 Å². The van der Waals surface area contributed by atoms with Gasteiger partial charge in [0.05, 0.1) is 12.1 Å². The fraction of sp³-hybridized carbons (Fsp3) is 0.500. The van der Waals surface area contributed by atoms with Gasteiger partial charge < -0.3 is 5.32 Å². The Kier molecular flexibility index (Phi) is 4.51. The molecule has 0 saturated carbocycles. The lowest BCUT2D eigenvalue weighted by molar-refractivity contribution is -0.124. The molecule has 1 aromatic heterocycles. The molecule has 0 radical (unpaired) electrons. The second-order valence-electron chi connectivity index (χ2n) is 3.77. The van der Waals surface area contributed by atoms with Crippen LogP contribution in [0.15, 0.2) is 12.1 Å². The smallest absolute Gasteiger partial charge is 0.237 e. The lowest BCUT2D eigenvalue weighted by atomic mass is 10.1. The first-order chi connectivity index (χ1) is 7.58. The predicted octanol–water partition coefficient (Wildman–Crippen LogP) is 2.78. The van der Waals surface area contributed by atoms with E-state index in [4.69, 9.17) is 5.26 Å². The molecular weight excluding hydrogens is 220 g/mol. The molecule has 0 spiro atoms. The van der Waals surface area contributed by atoms with E-state index in [1.807, 2.05) is 39.0 Å². The van der Waals surface area contributed by atoms with E-state index in [9.17, 15) is 4.79 Å². The molecule has 1 N–H and O–H groups in total. The summed E-state index contributed by atoms with van der Waals surface area (Å²) in [5.74, 6) is -0.716. The first-order valence-electron chi connectivity index (χ1n) is 5.34. The zero-order valence-electron chi connectivity index (χ0n) is 9.78. The van der Waals surface area contributed by atoms with E-state index in [-0.39, 0.29) is 11.9 Å². The molecule has 4 heteroatoms. The number of aryl methyl sites for hydroxylation is 1. The van der Waals surface area contributed by atoms with Gasteiger partial charge in [-0.25, -0.2) is 0 Å². The highest BCUT2D eigenvalue weighted by Gasteiger charge is 2.18. The minimum Gasteiger partial charge on any atom is -0.348 e. The Labute approximate surface area is 100 Å². The average molecular weight is 236 g/mol. The van der Waals surface area contributed by atoms with Crippen LogP contribution >= 0.6 is 11.3 Å². The Morgan fingerprint density at radius 2 is 2.31 bits per heavy atom. The number of nitrogens with zero attached hydrogens (tertiary/aromatic N) is 1. The number of hydrogen-bond donors (Lipinski definition) is 1. The Bertz CT molecular complexity index is 405. The molecule has 2 atom stereocenters. The maximum Gasteiger partial charge on any atom is 0.237 e. The number of carbonyl (C=O) groups is 1. The van der Waals surface area contributed by atoms with E-state index in [1.54, 1.807) is 11.3 Å². The number of carbonyl (C=O) groups excluding carboxylic acids is 1. The van der Waals surface area contributed by atoms with Crippen LogP contribution in [0.25, 0.3) is 0 Å². The van der Waals surface area contributed by atoms with Crippen molar-refractivity contribution >= 4 is 17.2 Å². The summed E-state index contributed by atoms with van der Waals surface area (Å²) in [5.41, 5.74) is 0. The Balaban J connectivity index is 2.61. The maximum atomic E-state index is 11.7. The van der Waals surface area contributed by atoms with Crippen LogP contribution in [0.3, 0.4) is 0 Å². The first kappa shape index (κ1) is 12.7. The summed E-state index contributed by atoms with van der Waals surface area (Å²) in [5, 5.41) is 11.6. The number of amides is 1. The fourth-order valence-electron chi connectivity index (χ4n) is 1.41. The number of nitrogens with one attached hydrogen (secondary N) is 1. The maximum absolute atomic E-state index is 11.7. The van der Waals surface area contributed by atoms with Crippen molar-refractivity contribution in [3.05, 3.63) is 21.9 Å². The number of thiophene rings is 1. The molecule has 2 unspecified atom stereocenters. The van der Waals surface area contributed by atoms with Crippen LogP contribution in [0, 0.1) is 24.2 Å². The molecule has 0 saturated heterocycles. The van der Waals surface area contributed by atoms with Crippen molar-refractivity contribution in [1.82, 2.24) is 5.32 Å². The SMILES string of the molecule is CCC(C#N)C(=O)NC(C)c1ccc(C)s1. The largest absolute Gasteiger partial charge is 0.348 e. The fourth-order valence-corrected chi connectivity index (χ4v) is 2.29. The minimum atomic E-state index is -0.538. The van der Waals surface area contributed by atoms with Gasteiger partial charge in [0.1, 0.15) is 5.92 Å². The van der Waals surface area contributed by atoms with Gasteiger partial charge in [-0.1, -0.05) is 6.92 Å². The summed E-state index contributed by atoms with van der Waals surface area (Å²) < 4.78 is 0. The van der Waals surface area contributed by atoms with Crippen LogP contribution in [0.1, 0.15) is 36.1 Å². The summed E-state index contributed by atoms with van der Waals surface area (Å²) in [6, 6.07) is 6.03. The summed E-state index contributed by atoms with van der Waals surface area (Å²) in [4.78, 5) is 14.0. The predicted molar refractivity (Wildman–Crippen MR) is 65.0 cm³/mol. The quantitative estimate of drug-likeness (QED) is 0.874. The highest BCUT2D eigenvalue weighted by atomic mass is 32.1. The monoisotopic (exact) mass is 236 g/mol. The van der Waals surface area contributed by atoms with Crippen LogP contribution in [0.5, 0.6) is 0 Å². The van der Waals surface area contributed by atoms with Crippen molar-refractivity contribution in [3.8, 4) is 6.07 Å². The molecule has 0 bridgehead atoms. The molecule has 0 aliphatic carbocycles. The zero-order chi connectivity index (χ0) is 12.1. The van der Waals surface area contributed by atoms with Crippen LogP contribution < -0.4 is 5.32 Å². The molecular formula is C12H16N2OS. The molecule has 1 heterocycles. The molecule has 0 fully saturated rings. The first-order valence-corrected chi connectivity index (χ1v) is 6.16. The lowest BCUT2D eigenvalue weighted by Gasteiger charge is -2.14. The Morgan fingerprint density at radius 1 is 1.62 bits per heavy atom. The molecule has 1 amide bonds. The van der Waals surface area contributed by atoms with Crippen LogP contribution in [0.2, 0.25) is 0 Å². The molecule has 1 aromatic rings. The van der Waals surface area contributed by atoms with Crippen molar-refractivity contribution in [1.29, 1.82) is 5.26 Å². The summed E-state index contributed by atoms with van der Waals surface area (Å²) >= 11 is 1.67. The Hall–Kier alpha value is -1.34. The van der Waals surface area contributed by atoms with Crippen molar-refractivity contribution in [3.63, 3.8) is 0 Å². The third kappa shape index (κ3) is 3.07. The van der Waals surface area contributed by atoms with Crippen LogP contribution in [-0.4, -0.2) is 5.91 Å². The molecule has 0 aliphatic heterocycles. The molecule has 86 valence electrons. The van der Waals surface area contributed by atoms with Gasteiger partial charge in [0.15, 0.2) is 0 Å². The van der Waals surface area contributed by atoms with E-state index in [0.29, 0.717) is 6.42 Å². The summed E-state index contributed by atoms with van der Waals surface area (Å²) in [6.45, 7) is 5.81. The van der Waals surface area contributed by atoms with Crippen LogP contribution in [0.4, 0.5) is 0 Å². The van der Waals surface area contributed by atoms with E-state index in [2.05, 4.69) is 5.32 Å². The second kappa shape index (κ2) is 5.66. The van der Waals surface area contributed by atoms with E-state index >= 15 is 0 Å². The van der Waals surface area contributed by atoms with E-state index in [0.717, 1.165) is 4.88 Å². The third-order valence-corrected chi connectivity index (χ3v) is 3.61. The number of hydrogen-bond acceptors (Lipinski definition) is 3. The van der Waals surface area contributed by atoms with Gasteiger partial charge in [-0.2, -0.15) is 5.26 Å². The summed E-state index contributed by atoms with van der Waals surface area (Å²) in [6.07, 6.45) is 0.554. The highest BCUT2D eigenvalue weighted by Crippen LogP contribution is 2.22. The van der Waals surface area contributed by atoms with Gasteiger partial charge in [0.25, 0.3) is 0 Å². The normalized spacial score (nSPS) is 13.9. The zero-order valence-corrected chi connectivity index (χ0v) is 10.6. The minimum absolute atomic E-state index is 0.0198. The third-order valence-electron chi connectivity index (χ3n) is 2.43. The molecule has 1 rings (SSSR count). The van der Waals surface area contributed by atoms with Crippen molar-refractivity contribution in [2.45, 2.75) is 33.2 Å².